The highest BCUT2D eigenvalue weighted by atomic mass is 16.5. The first kappa shape index (κ1) is 15.0. The Kier molecular flexibility index (Phi) is 6.79. The number of rotatable bonds is 8. The topological polar surface area (TPSA) is 58.9 Å². The molecule has 0 aromatic heterocycles. The molecule has 0 saturated carbocycles. The van der Waals surface area contributed by atoms with E-state index < -0.39 is 7.12 Å². The number of hydrogen-bond donors (Lipinski definition) is 2. The summed E-state index contributed by atoms with van der Waals surface area (Å²) < 4.78 is 10.9. The van der Waals surface area contributed by atoms with Crippen LogP contribution < -0.4 is 10.2 Å². The summed E-state index contributed by atoms with van der Waals surface area (Å²) in [6, 6.07) is 6.87. The second-order valence-electron chi connectivity index (χ2n) is 4.55. The van der Waals surface area contributed by atoms with Crippen LogP contribution >= 0.6 is 0 Å². The van der Waals surface area contributed by atoms with Gasteiger partial charge in [0.15, 0.2) is 0 Å². The number of benzene rings is 1. The number of ether oxygens (including phenoxy) is 2. The summed E-state index contributed by atoms with van der Waals surface area (Å²) in [7, 11) is -1.51. The predicted molar refractivity (Wildman–Crippen MR) is 72.0 cm³/mol. The summed E-state index contributed by atoms with van der Waals surface area (Å²) in [5.74, 6) is 1.12. The van der Waals surface area contributed by atoms with E-state index in [2.05, 4.69) is 13.8 Å². The highest BCUT2D eigenvalue weighted by Crippen LogP contribution is 2.07. The van der Waals surface area contributed by atoms with Gasteiger partial charge >= 0.3 is 7.12 Å². The van der Waals surface area contributed by atoms with E-state index in [0.717, 1.165) is 13.0 Å². The highest BCUT2D eigenvalue weighted by Gasteiger charge is 2.15. The monoisotopic (exact) mass is 252 g/mol. The predicted octanol–water partition coefficient (Wildman–Crippen LogP) is 0.808. The normalized spacial score (nSPS) is 10.7. The zero-order valence-corrected chi connectivity index (χ0v) is 11.0. The molecule has 0 heterocycles. The van der Waals surface area contributed by atoms with Crippen LogP contribution in [0.3, 0.4) is 0 Å². The summed E-state index contributed by atoms with van der Waals surface area (Å²) >= 11 is 0. The van der Waals surface area contributed by atoms with Gasteiger partial charge in [-0.3, -0.25) is 0 Å². The lowest BCUT2D eigenvalue weighted by Gasteiger charge is -2.11. The summed E-state index contributed by atoms with van der Waals surface area (Å²) in [6.07, 6.45) is 1.03. The summed E-state index contributed by atoms with van der Waals surface area (Å²) in [5, 5.41) is 18.3. The molecule has 4 nitrogen and oxygen atoms in total. The number of hydrogen-bond acceptors (Lipinski definition) is 4. The summed E-state index contributed by atoms with van der Waals surface area (Å²) in [4.78, 5) is 0. The van der Waals surface area contributed by atoms with Crippen LogP contribution in [-0.2, 0) is 4.74 Å². The lowest BCUT2D eigenvalue weighted by Crippen LogP contribution is -2.31. The Morgan fingerprint density at radius 2 is 1.83 bits per heavy atom. The van der Waals surface area contributed by atoms with E-state index in [0.29, 0.717) is 30.3 Å². The summed E-state index contributed by atoms with van der Waals surface area (Å²) in [5.41, 5.74) is 0.375. The zero-order valence-electron chi connectivity index (χ0n) is 11.0. The van der Waals surface area contributed by atoms with Crippen molar-refractivity contribution in [2.75, 3.05) is 19.8 Å². The van der Waals surface area contributed by atoms with Crippen LogP contribution in [0.25, 0.3) is 0 Å². The molecule has 0 atom stereocenters. The van der Waals surface area contributed by atoms with E-state index in [1.165, 1.54) is 0 Å². The van der Waals surface area contributed by atoms with Crippen molar-refractivity contribution >= 4 is 12.6 Å². The molecular weight excluding hydrogens is 231 g/mol. The molecule has 0 amide bonds. The van der Waals surface area contributed by atoms with Crippen molar-refractivity contribution < 1.29 is 19.5 Å². The van der Waals surface area contributed by atoms with Crippen molar-refractivity contribution in [2.45, 2.75) is 20.3 Å². The van der Waals surface area contributed by atoms with Crippen LogP contribution in [-0.4, -0.2) is 37.0 Å². The lowest BCUT2D eigenvalue weighted by atomic mass is 9.79. The fourth-order valence-corrected chi connectivity index (χ4v) is 1.46. The minimum Gasteiger partial charge on any atom is -0.492 e. The molecule has 18 heavy (non-hydrogen) atoms. The molecule has 100 valence electrons. The third kappa shape index (κ3) is 5.53. The van der Waals surface area contributed by atoms with Crippen LogP contribution in [0, 0.1) is 5.92 Å². The van der Waals surface area contributed by atoms with Gasteiger partial charge in [-0.25, -0.2) is 0 Å². The van der Waals surface area contributed by atoms with Gasteiger partial charge in [0.05, 0.1) is 6.61 Å². The second kappa shape index (κ2) is 8.13. The molecule has 0 fully saturated rings. The van der Waals surface area contributed by atoms with Gasteiger partial charge in [0.2, 0.25) is 0 Å². The zero-order chi connectivity index (χ0) is 13.4. The molecule has 0 aliphatic rings. The molecule has 1 rings (SSSR count). The minimum absolute atomic E-state index is 0.375. The maximum Gasteiger partial charge on any atom is 0.492 e. The maximum atomic E-state index is 9.15. The first-order valence-electron chi connectivity index (χ1n) is 6.27. The van der Waals surface area contributed by atoms with E-state index >= 15 is 0 Å². The van der Waals surface area contributed by atoms with E-state index in [4.69, 9.17) is 19.5 Å². The van der Waals surface area contributed by atoms with E-state index in [1.54, 1.807) is 24.3 Å². The second-order valence-corrected chi connectivity index (χ2v) is 4.55. The first-order valence-corrected chi connectivity index (χ1v) is 6.27. The Bertz CT molecular complexity index is 342. The Morgan fingerprint density at radius 1 is 1.11 bits per heavy atom. The number of para-hydroxylation sites is 1. The van der Waals surface area contributed by atoms with E-state index in [-0.39, 0.29) is 0 Å². The summed E-state index contributed by atoms with van der Waals surface area (Å²) in [6.45, 7) is 5.94. The van der Waals surface area contributed by atoms with E-state index in [9.17, 15) is 0 Å². The van der Waals surface area contributed by atoms with Crippen LogP contribution in [0.4, 0.5) is 0 Å². The molecule has 5 heteroatoms. The molecule has 0 saturated heterocycles. The SMILES string of the molecule is CC(C)CCOCCOc1ccccc1B(O)O. The average molecular weight is 252 g/mol. The van der Waals surface area contributed by atoms with Gasteiger partial charge in [-0.1, -0.05) is 32.0 Å². The minimum atomic E-state index is -1.51. The molecule has 0 radical (unpaired) electrons. The molecule has 2 N–H and O–H groups in total. The van der Waals surface area contributed by atoms with Gasteiger partial charge in [-0.15, -0.1) is 0 Å². The van der Waals surface area contributed by atoms with Gasteiger partial charge < -0.3 is 19.5 Å². The van der Waals surface area contributed by atoms with Crippen LogP contribution in [0.15, 0.2) is 24.3 Å². The van der Waals surface area contributed by atoms with Crippen molar-refractivity contribution in [1.29, 1.82) is 0 Å². The quantitative estimate of drug-likeness (QED) is 0.531. The van der Waals surface area contributed by atoms with Crippen LogP contribution in [0.5, 0.6) is 5.75 Å². The lowest BCUT2D eigenvalue weighted by molar-refractivity contribution is 0.0928. The average Bonchev–Trinajstić information content (AvgIpc) is 2.33. The van der Waals surface area contributed by atoms with Gasteiger partial charge in [-0.2, -0.15) is 0 Å². The third-order valence-corrected chi connectivity index (χ3v) is 2.52. The van der Waals surface area contributed by atoms with Crippen molar-refractivity contribution in [3.8, 4) is 5.75 Å². The van der Waals surface area contributed by atoms with Crippen molar-refractivity contribution in [2.24, 2.45) is 5.92 Å². The smallest absolute Gasteiger partial charge is 0.492 e. The Morgan fingerprint density at radius 3 is 2.50 bits per heavy atom. The largest absolute Gasteiger partial charge is 0.492 e. The molecule has 1 aromatic carbocycles. The molecule has 1 aromatic rings. The van der Waals surface area contributed by atoms with Gasteiger partial charge in [0.25, 0.3) is 0 Å². The molecule has 0 aliphatic heterocycles. The van der Waals surface area contributed by atoms with Crippen molar-refractivity contribution in [3.05, 3.63) is 24.3 Å². The first-order chi connectivity index (χ1) is 8.61. The van der Waals surface area contributed by atoms with Crippen LogP contribution in [0.2, 0.25) is 0 Å². The van der Waals surface area contributed by atoms with Gasteiger partial charge in [-0.05, 0) is 18.4 Å². The Labute approximate surface area is 109 Å². The van der Waals surface area contributed by atoms with Crippen molar-refractivity contribution in [1.82, 2.24) is 0 Å². The fraction of sp³-hybridized carbons (Fsp3) is 0.538. The molecule has 0 aliphatic carbocycles. The van der Waals surface area contributed by atoms with Gasteiger partial charge in [0.1, 0.15) is 12.4 Å². The Hall–Kier alpha value is -1.04. The van der Waals surface area contributed by atoms with E-state index in [1.807, 2.05) is 0 Å². The van der Waals surface area contributed by atoms with Crippen molar-refractivity contribution in [3.63, 3.8) is 0 Å². The maximum absolute atomic E-state index is 9.15. The fourth-order valence-electron chi connectivity index (χ4n) is 1.46. The van der Waals surface area contributed by atoms with Gasteiger partial charge in [0, 0.05) is 12.1 Å². The standard InChI is InChI=1S/C13H21BO4/c1-11(2)7-8-17-9-10-18-13-6-4-3-5-12(13)14(15)16/h3-6,11,15-16H,7-10H2,1-2H3. The molecule has 0 bridgehead atoms. The molecule has 0 spiro atoms. The van der Waals surface area contributed by atoms with Crippen LogP contribution in [0.1, 0.15) is 20.3 Å². The Balaban J connectivity index is 2.27. The molecular formula is C13H21BO4. The third-order valence-electron chi connectivity index (χ3n) is 2.52. The molecule has 0 unspecified atom stereocenters. The highest BCUT2D eigenvalue weighted by molar-refractivity contribution is 6.59.